The second kappa shape index (κ2) is 2.47. The van der Waals surface area contributed by atoms with E-state index in [2.05, 4.69) is 27.3 Å². The van der Waals surface area contributed by atoms with Crippen LogP contribution in [0.1, 0.15) is 0 Å². The molecule has 60 valence electrons. The summed E-state index contributed by atoms with van der Waals surface area (Å²) < 4.78 is 0. The lowest BCUT2D eigenvalue weighted by Gasteiger charge is -2.25. The molecule has 2 heterocycles. The maximum absolute atomic E-state index is 3.26. The fraction of sp³-hybridized carbons (Fsp3) is 0.429. The zero-order valence-electron chi connectivity index (χ0n) is 6.44. The van der Waals surface area contributed by atoms with Gasteiger partial charge in [-0.3, -0.25) is 5.32 Å². The highest BCUT2D eigenvalue weighted by molar-refractivity contribution is 5.34. The molecule has 2 aliphatic rings. The number of rotatable bonds is 1. The summed E-state index contributed by atoms with van der Waals surface area (Å²) >= 11 is 0. The van der Waals surface area contributed by atoms with Crippen LogP contribution in [0.3, 0.4) is 0 Å². The third-order valence-corrected chi connectivity index (χ3v) is 1.95. The molecule has 4 nitrogen and oxygen atoms in total. The average molecular weight is 152 g/mol. The molecule has 0 amide bonds. The maximum Gasteiger partial charge on any atom is 0.108 e. The van der Waals surface area contributed by atoms with Gasteiger partial charge in [0, 0.05) is 12.6 Å². The molecule has 0 aromatic rings. The largest absolute Gasteiger partial charge is 0.375 e. The molecule has 0 fully saturated rings. The first-order chi connectivity index (χ1) is 5.42. The van der Waals surface area contributed by atoms with E-state index in [0.29, 0.717) is 6.17 Å². The molecule has 0 radical (unpaired) electrons. The lowest BCUT2D eigenvalue weighted by molar-refractivity contribution is 0.478. The van der Waals surface area contributed by atoms with Crippen molar-refractivity contribution in [3.05, 3.63) is 23.7 Å². The van der Waals surface area contributed by atoms with Gasteiger partial charge in [0.05, 0.1) is 6.67 Å². The molecule has 0 aromatic heterocycles. The first kappa shape index (κ1) is 6.54. The normalized spacial score (nSPS) is 27.5. The number of hydrogen-bond donors (Lipinski definition) is 4. The van der Waals surface area contributed by atoms with Gasteiger partial charge in [0.25, 0.3) is 0 Å². The van der Waals surface area contributed by atoms with Gasteiger partial charge in [0.2, 0.25) is 0 Å². The third kappa shape index (κ3) is 0.952. The molecule has 0 aromatic carbocycles. The molecule has 0 aliphatic carbocycles. The van der Waals surface area contributed by atoms with Crippen molar-refractivity contribution in [3.8, 4) is 0 Å². The first-order valence-electron chi connectivity index (χ1n) is 3.73. The van der Waals surface area contributed by atoms with E-state index in [1.165, 1.54) is 5.57 Å². The van der Waals surface area contributed by atoms with E-state index in [-0.39, 0.29) is 0 Å². The van der Waals surface area contributed by atoms with E-state index >= 15 is 0 Å². The van der Waals surface area contributed by atoms with E-state index < -0.39 is 0 Å². The fourth-order valence-electron chi connectivity index (χ4n) is 1.39. The summed E-state index contributed by atoms with van der Waals surface area (Å²) in [5, 5.41) is 12.8. The molecule has 4 N–H and O–H groups in total. The van der Waals surface area contributed by atoms with E-state index in [4.69, 9.17) is 0 Å². The Morgan fingerprint density at radius 1 is 1.64 bits per heavy atom. The summed E-state index contributed by atoms with van der Waals surface area (Å²) in [6.07, 6.45) is 4.31. The summed E-state index contributed by atoms with van der Waals surface area (Å²) in [6, 6.07) is 0. The monoisotopic (exact) mass is 152 g/mol. The van der Waals surface area contributed by atoms with E-state index in [1.54, 1.807) is 0 Å². The molecule has 4 heteroatoms. The number of nitrogens with one attached hydrogen (secondary N) is 4. The van der Waals surface area contributed by atoms with Gasteiger partial charge in [-0.15, -0.1) is 0 Å². The Balaban J connectivity index is 2.29. The zero-order chi connectivity index (χ0) is 7.68. The van der Waals surface area contributed by atoms with Gasteiger partial charge in [-0.05, 0) is 12.3 Å². The predicted molar refractivity (Wildman–Crippen MR) is 43.3 cm³/mol. The van der Waals surface area contributed by atoms with E-state index in [9.17, 15) is 0 Å². The molecule has 1 unspecified atom stereocenters. The van der Waals surface area contributed by atoms with E-state index in [0.717, 1.165) is 12.5 Å². The maximum atomic E-state index is 3.26. The standard InChI is InChI=1S/C7H12N4/c1-8-6-5-2-3-9-7(5)11-4-10-6/h2-3,7-11H,4H2,1H3. The van der Waals surface area contributed by atoms with Crippen LogP contribution in [-0.4, -0.2) is 19.9 Å². The fourth-order valence-corrected chi connectivity index (χ4v) is 1.39. The second-order valence-electron chi connectivity index (χ2n) is 2.57. The topological polar surface area (TPSA) is 48.1 Å². The molecule has 0 spiro atoms. The highest BCUT2D eigenvalue weighted by Gasteiger charge is 2.21. The van der Waals surface area contributed by atoms with Crippen molar-refractivity contribution in [3.63, 3.8) is 0 Å². The van der Waals surface area contributed by atoms with Crippen molar-refractivity contribution in [1.82, 2.24) is 21.3 Å². The van der Waals surface area contributed by atoms with Gasteiger partial charge in [0.15, 0.2) is 0 Å². The van der Waals surface area contributed by atoms with Crippen molar-refractivity contribution in [2.75, 3.05) is 13.7 Å². The van der Waals surface area contributed by atoms with Crippen molar-refractivity contribution >= 4 is 0 Å². The van der Waals surface area contributed by atoms with Crippen LogP contribution in [0, 0.1) is 0 Å². The summed E-state index contributed by atoms with van der Waals surface area (Å²) in [7, 11) is 1.92. The Kier molecular flexibility index (Phi) is 1.47. The Hall–Kier alpha value is -1.16. The molecule has 11 heavy (non-hydrogen) atoms. The van der Waals surface area contributed by atoms with Crippen LogP contribution >= 0.6 is 0 Å². The quantitative estimate of drug-likeness (QED) is 0.390. The van der Waals surface area contributed by atoms with Crippen LogP contribution in [0.25, 0.3) is 0 Å². The van der Waals surface area contributed by atoms with Crippen LogP contribution in [0.2, 0.25) is 0 Å². The molecule has 1 atom stereocenters. The molecule has 0 saturated heterocycles. The molecule has 0 bridgehead atoms. The predicted octanol–water partition coefficient (Wildman–Crippen LogP) is -0.989. The van der Waals surface area contributed by atoms with Gasteiger partial charge in [-0.1, -0.05) is 0 Å². The van der Waals surface area contributed by atoms with Gasteiger partial charge in [-0.25, -0.2) is 0 Å². The lowest BCUT2D eigenvalue weighted by atomic mass is 10.2. The Labute approximate surface area is 65.7 Å². The van der Waals surface area contributed by atoms with Crippen LogP contribution in [0.5, 0.6) is 0 Å². The highest BCUT2D eigenvalue weighted by atomic mass is 15.3. The Morgan fingerprint density at radius 3 is 3.36 bits per heavy atom. The number of fused-ring (bicyclic) bond motifs is 1. The summed E-state index contributed by atoms with van der Waals surface area (Å²) in [5.41, 5.74) is 1.25. The minimum Gasteiger partial charge on any atom is -0.375 e. The van der Waals surface area contributed by atoms with Crippen LogP contribution in [-0.2, 0) is 0 Å². The second-order valence-corrected chi connectivity index (χ2v) is 2.57. The van der Waals surface area contributed by atoms with Gasteiger partial charge in [0.1, 0.15) is 12.0 Å². The zero-order valence-corrected chi connectivity index (χ0v) is 6.44. The van der Waals surface area contributed by atoms with Crippen molar-refractivity contribution in [2.45, 2.75) is 6.17 Å². The molecular weight excluding hydrogens is 140 g/mol. The SMILES string of the molecule is CNC1=C2C=CNC2NCN1. The van der Waals surface area contributed by atoms with Crippen LogP contribution in [0.4, 0.5) is 0 Å². The minimum atomic E-state index is 0.290. The van der Waals surface area contributed by atoms with Crippen molar-refractivity contribution < 1.29 is 0 Å². The molecule has 2 aliphatic heterocycles. The van der Waals surface area contributed by atoms with Crippen LogP contribution in [0.15, 0.2) is 23.7 Å². The third-order valence-electron chi connectivity index (χ3n) is 1.95. The summed E-state index contributed by atoms with van der Waals surface area (Å²) in [4.78, 5) is 0. The summed E-state index contributed by atoms with van der Waals surface area (Å²) in [6.45, 7) is 0.805. The highest BCUT2D eigenvalue weighted by Crippen LogP contribution is 2.12. The first-order valence-corrected chi connectivity index (χ1v) is 3.73. The Morgan fingerprint density at radius 2 is 2.55 bits per heavy atom. The lowest BCUT2D eigenvalue weighted by Crippen LogP contribution is -2.50. The minimum absolute atomic E-state index is 0.290. The smallest absolute Gasteiger partial charge is 0.108 e. The van der Waals surface area contributed by atoms with Gasteiger partial charge < -0.3 is 16.0 Å². The van der Waals surface area contributed by atoms with Crippen molar-refractivity contribution in [2.24, 2.45) is 0 Å². The van der Waals surface area contributed by atoms with Crippen LogP contribution < -0.4 is 21.3 Å². The van der Waals surface area contributed by atoms with Gasteiger partial charge >= 0.3 is 0 Å². The molecule has 0 saturated carbocycles. The van der Waals surface area contributed by atoms with E-state index in [1.807, 2.05) is 13.2 Å². The van der Waals surface area contributed by atoms with Gasteiger partial charge in [-0.2, -0.15) is 0 Å². The van der Waals surface area contributed by atoms with Crippen molar-refractivity contribution in [1.29, 1.82) is 0 Å². The molecule has 2 rings (SSSR count). The summed E-state index contributed by atoms with van der Waals surface area (Å²) in [5.74, 6) is 1.11. The Bertz CT molecular complexity index is 218. The molecular formula is C7H12N4. The average Bonchev–Trinajstić information content (AvgIpc) is 2.50. The number of hydrogen-bond acceptors (Lipinski definition) is 4.